The minimum absolute atomic E-state index is 0.156. The third-order valence-corrected chi connectivity index (χ3v) is 8.55. The van der Waals surface area contributed by atoms with Gasteiger partial charge in [-0.05, 0) is 86.0 Å². The molecule has 0 unspecified atom stereocenters. The van der Waals surface area contributed by atoms with Gasteiger partial charge in [0.25, 0.3) is 0 Å². The molecule has 0 aromatic heterocycles. The zero-order valence-electron chi connectivity index (χ0n) is 17.3. The molecule has 5 heteroatoms. The van der Waals surface area contributed by atoms with E-state index in [1.807, 2.05) is 12.1 Å². The van der Waals surface area contributed by atoms with Gasteiger partial charge in [0, 0.05) is 18.8 Å². The van der Waals surface area contributed by atoms with Crippen LogP contribution in [0.15, 0.2) is 18.2 Å². The third-order valence-electron chi connectivity index (χ3n) is 8.55. The predicted molar refractivity (Wildman–Crippen MR) is 106 cm³/mol. The van der Waals surface area contributed by atoms with E-state index in [0.717, 1.165) is 32.1 Å². The van der Waals surface area contributed by atoms with E-state index >= 15 is 0 Å². The van der Waals surface area contributed by atoms with Gasteiger partial charge in [0.05, 0.1) is 0 Å². The van der Waals surface area contributed by atoms with Gasteiger partial charge in [-0.25, -0.2) is 0 Å². The van der Waals surface area contributed by atoms with Crippen molar-refractivity contribution < 1.29 is 24.2 Å². The van der Waals surface area contributed by atoms with Crippen LogP contribution in [0.2, 0.25) is 0 Å². The molecule has 5 rings (SSSR count). The summed E-state index contributed by atoms with van der Waals surface area (Å²) in [5.41, 5.74) is 1.56. The van der Waals surface area contributed by atoms with Crippen molar-refractivity contribution in [3.05, 3.63) is 29.3 Å². The smallest absolute Gasteiger partial charge is 0.308 e. The van der Waals surface area contributed by atoms with Crippen LogP contribution in [0.4, 0.5) is 0 Å². The highest BCUT2D eigenvalue weighted by atomic mass is 16.6. The van der Waals surface area contributed by atoms with Crippen molar-refractivity contribution in [1.82, 2.24) is 0 Å². The minimum atomic E-state index is -0.895. The number of aliphatic hydroxyl groups is 1. The van der Waals surface area contributed by atoms with E-state index in [4.69, 9.17) is 9.47 Å². The number of benzene rings is 1. The molecule has 1 aromatic carbocycles. The second-order valence-corrected chi connectivity index (χ2v) is 9.82. The molecular formula is C24H30O5. The Bertz CT molecular complexity index is 863. The van der Waals surface area contributed by atoms with E-state index in [1.54, 1.807) is 0 Å². The van der Waals surface area contributed by atoms with Gasteiger partial charge in [0.15, 0.2) is 0 Å². The largest absolute Gasteiger partial charge is 0.459 e. The molecule has 0 bridgehead atoms. The Morgan fingerprint density at radius 1 is 1.24 bits per heavy atom. The predicted octanol–water partition coefficient (Wildman–Crippen LogP) is 3.90. The summed E-state index contributed by atoms with van der Waals surface area (Å²) >= 11 is 0. The normalized spacial score (nSPS) is 40.6. The van der Waals surface area contributed by atoms with Crippen molar-refractivity contribution in [2.45, 2.75) is 82.8 Å². The first-order chi connectivity index (χ1) is 13.8. The Kier molecular flexibility index (Phi) is 4.32. The average Bonchev–Trinajstić information content (AvgIpc) is 2.78. The Balaban J connectivity index is 1.46. The van der Waals surface area contributed by atoms with Crippen molar-refractivity contribution in [2.75, 3.05) is 0 Å². The molecule has 1 aromatic rings. The van der Waals surface area contributed by atoms with Crippen LogP contribution in [0.25, 0.3) is 0 Å². The van der Waals surface area contributed by atoms with Gasteiger partial charge in [-0.1, -0.05) is 13.0 Å². The summed E-state index contributed by atoms with van der Waals surface area (Å²) in [4.78, 5) is 23.4. The summed E-state index contributed by atoms with van der Waals surface area (Å²) < 4.78 is 11.0. The summed E-state index contributed by atoms with van der Waals surface area (Å²) in [5, 5.41) is 11.7. The molecule has 1 saturated heterocycles. The number of hydrogen-bond donors (Lipinski definition) is 1. The Morgan fingerprint density at radius 2 is 2.07 bits per heavy atom. The molecule has 3 aliphatic carbocycles. The fourth-order valence-corrected chi connectivity index (χ4v) is 7.19. The fourth-order valence-electron chi connectivity index (χ4n) is 7.19. The standard InChI is InChI=1S/C24H30O5/c1-14(25)28-16-6-8-17-15(12-16)5-7-19-18(17)9-11-23(2)20(19)13-21-24(23,27)10-3-4-22(26)29-21/h6,8,12,18-21,27H,3-5,7,9-11,13H2,1-2H3/t18-,19-,20+,21+,23+,24+/m1/s1. The average molecular weight is 398 g/mol. The van der Waals surface area contributed by atoms with Crippen LogP contribution in [0, 0.1) is 17.3 Å². The summed E-state index contributed by atoms with van der Waals surface area (Å²) in [5.74, 6) is 1.50. The van der Waals surface area contributed by atoms with E-state index < -0.39 is 5.60 Å². The minimum Gasteiger partial charge on any atom is -0.459 e. The van der Waals surface area contributed by atoms with E-state index in [2.05, 4.69) is 13.0 Å². The molecule has 2 saturated carbocycles. The maximum Gasteiger partial charge on any atom is 0.308 e. The number of ether oxygens (including phenoxy) is 2. The van der Waals surface area contributed by atoms with Gasteiger partial charge in [0.2, 0.25) is 0 Å². The maximum atomic E-state index is 12.1. The number of fused-ring (bicyclic) bond motifs is 7. The van der Waals surface area contributed by atoms with E-state index in [0.29, 0.717) is 42.8 Å². The molecule has 6 atom stereocenters. The summed E-state index contributed by atoms with van der Waals surface area (Å²) in [6.07, 6.45) is 6.23. The summed E-state index contributed by atoms with van der Waals surface area (Å²) in [6.45, 7) is 3.67. The van der Waals surface area contributed by atoms with Crippen LogP contribution in [0.5, 0.6) is 5.75 Å². The lowest BCUT2D eigenvalue weighted by Gasteiger charge is -2.53. The van der Waals surface area contributed by atoms with Gasteiger partial charge in [-0.3, -0.25) is 9.59 Å². The highest BCUT2D eigenvalue weighted by Crippen LogP contribution is 2.66. The highest BCUT2D eigenvalue weighted by Gasteiger charge is 2.67. The molecule has 5 nitrogen and oxygen atoms in total. The second-order valence-electron chi connectivity index (χ2n) is 9.82. The molecular weight excluding hydrogens is 368 g/mol. The lowest BCUT2D eigenvalue weighted by atomic mass is 9.53. The second kappa shape index (κ2) is 6.56. The van der Waals surface area contributed by atoms with Crippen molar-refractivity contribution in [3.63, 3.8) is 0 Å². The van der Waals surface area contributed by atoms with Crippen molar-refractivity contribution in [1.29, 1.82) is 0 Å². The Morgan fingerprint density at radius 3 is 2.86 bits per heavy atom. The zero-order chi connectivity index (χ0) is 20.4. The monoisotopic (exact) mass is 398 g/mol. The molecule has 156 valence electrons. The van der Waals surface area contributed by atoms with E-state index in [1.165, 1.54) is 18.1 Å². The van der Waals surface area contributed by atoms with Crippen LogP contribution in [0.3, 0.4) is 0 Å². The number of carbonyl (C=O) groups is 2. The summed E-state index contributed by atoms with van der Waals surface area (Å²) in [7, 11) is 0. The third kappa shape index (κ3) is 2.77. The number of carbonyl (C=O) groups excluding carboxylic acids is 2. The number of hydrogen-bond acceptors (Lipinski definition) is 5. The SMILES string of the molecule is CC(=O)Oc1ccc2c(c1)CC[C@@H]1[C@@H]2CC[C@@]2(C)[C@H]1C[C@@H]1OC(=O)CCC[C@]12O. The van der Waals surface area contributed by atoms with Crippen LogP contribution >= 0.6 is 0 Å². The summed E-state index contributed by atoms with van der Waals surface area (Å²) in [6, 6.07) is 6.06. The lowest BCUT2D eigenvalue weighted by molar-refractivity contribution is -0.171. The molecule has 0 amide bonds. The molecule has 3 fully saturated rings. The first-order valence-corrected chi connectivity index (χ1v) is 11.0. The van der Waals surface area contributed by atoms with Crippen LogP contribution in [-0.4, -0.2) is 28.8 Å². The molecule has 4 aliphatic rings. The molecule has 29 heavy (non-hydrogen) atoms. The first kappa shape index (κ1) is 19.1. The van der Waals surface area contributed by atoms with E-state index in [-0.39, 0.29) is 23.5 Å². The fraction of sp³-hybridized carbons (Fsp3) is 0.667. The molecule has 0 radical (unpaired) electrons. The number of esters is 2. The van der Waals surface area contributed by atoms with E-state index in [9.17, 15) is 14.7 Å². The topological polar surface area (TPSA) is 72.8 Å². The highest BCUT2D eigenvalue weighted by molar-refractivity contribution is 5.70. The van der Waals surface area contributed by atoms with Crippen LogP contribution in [-0.2, 0) is 20.7 Å². The Labute approximate surface area is 171 Å². The molecule has 0 spiro atoms. The first-order valence-electron chi connectivity index (χ1n) is 11.0. The van der Waals surface area contributed by atoms with Crippen LogP contribution < -0.4 is 4.74 Å². The molecule has 1 aliphatic heterocycles. The van der Waals surface area contributed by atoms with Crippen molar-refractivity contribution in [2.24, 2.45) is 17.3 Å². The van der Waals surface area contributed by atoms with Crippen LogP contribution in [0.1, 0.15) is 75.8 Å². The zero-order valence-corrected chi connectivity index (χ0v) is 17.3. The van der Waals surface area contributed by atoms with Gasteiger partial charge >= 0.3 is 11.9 Å². The van der Waals surface area contributed by atoms with Gasteiger partial charge in [0.1, 0.15) is 17.5 Å². The van der Waals surface area contributed by atoms with Crippen molar-refractivity contribution >= 4 is 11.9 Å². The van der Waals surface area contributed by atoms with Crippen molar-refractivity contribution in [3.8, 4) is 5.75 Å². The maximum absolute atomic E-state index is 12.1. The van der Waals surface area contributed by atoms with Gasteiger partial charge < -0.3 is 14.6 Å². The van der Waals surface area contributed by atoms with Gasteiger partial charge in [-0.2, -0.15) is 0 Å². The molecule has 1 heterocycles. The Hall–Kier alpha value is -1.88. The van der Waals surface area contributed by atoms with Gasteiger partial charge in [-0.15, -0.1) is 0 Å². The number of rotatable bonds is 1. The number of aryl methyl sites for hydroxylation is 1. The lowest BCUT2D eigenvalue weighted by Crippen LogP contribution is -2.54. The quantitative estimate of drug-likeness (QED) is 0.574. The molecule has 1 N–H and O–H groups in total.